The predicted molar refractivity (Wildman–Crippen MR) is 394 cm³/mol. The van der Waals surface area contributed by atoms with E-state index in [1.54, 1.807) is 0 Å². The first-order valence-corrected chi connectivity index (χ1v) is 33.2. The van der Waals surface area contributed by atoms with E-state index in [2.05, 4.69) is 321 Å². The molecule has 0 saturated carbocycles. The molecule has 4 nitrogen and oxygen atoms in total. The maximum absolute atomic E-state index is 2.64. The highest BCUT2D eigenvalue weighted by molar-refractivity contribution is 6.30. The van der Waals surface area contributed by atoms with Gasteiger partial charge >= 0.3 is 0 Å². The highest BCUT2D eigenvalue weighted by Crippen LogP contribution is 2.56. The molecule has 0 saturated heterocycles. The van der Waals surface area contributed by atoms with Gasteiger partial charge in [0.25, 0.3) is 0 Å². The molecule has 4 aliphatic carbocycles. The van der Waals surface area contributed by atoms with Crippen molar-refractivity contribution < 1.29 is 0 Å². The normalized spacial score (nSPS) is 17.3. The molecule has 4 unspecified atom stereocenters. The Hall–Kier alpha value is -12.0. The van der Waals surface area contributed by atoms with E-state index in [-0.39, 0.29) is 23.7 Å². The second-order valence-corrected chi connectivity index (χ2v) is 26.9. The Morgan fingerprint density at radius 1 is 0.234 bits per heavy atom. The van der Waals surface area contributed by atoms with Crippen molar-refractivity contribution in [1.29, 1.82) is 0 Å². The first-order chi connectivity index (χ1) is 46.7. The van der Waals surface area contributed by atoms with Gasteiger partial charge < -0.3 is 17.9 Å². The van der Waals surface area contributed by atoms with Crippen molar-refractivity contribution in [2.45, 2.75) is 11.8 Å². The van der Waals surface area contributed by atoms with E-state index in [1.807, 2.05) is 0 Å². The Kier molecular flexibility index (Phi) is 9.50. The van der Waals surface area contributed by atoms with Crippen molar-refractivity contribution in [3.63, 3.8) is 0 Å². The van der Waals surface area contributed by atoms with Gasteiger partial charge in [-0.25, -0.2) is 0 Å². The fourth-order valence-corrected chi connectivity index (χ4v) is 18.8. The van der Waals surface area contributed by atoms with E-state index in [4.69, 9.17) is 0 Å². The van der Waals surface area contributed by atoms with Crippen LogP contribution in [-0.2, 0) is 0 Å². The molecular formula is C90H54N4. The summed E-state index contributed by atoms with van der Waals surface area (Å²) in [6.45, 7) is 0. The van der Waals surface area contributed by atoms with Crippen LogP contribution in [0.4, 0.5) is 0 Å². The molecule has 4 atom stereocenters. The topological polar surface area (TPSA) is 18.7 Å². The Balaban J connectivity index is 0.732. The highest BCUT2D eigenvalue weighted by atomic mass is 15.0. The van der Waals surface area contributed by atoms with Gasteiger partial charge in [0.1, 0.15) is 0 Å². The van der Waals surface area contributed by atoms with Gasteiger partial charge in [-0.2, -0.15) is 0 Å². The van der Waals surface area contributed by atoms with Gasteiger partial charge in [0.15, 0.2) is 0 Å². The van der Waals surface area contributed by atoms with Crippen molar-refractivity contribution in [2.75, 3.05) is 0 Å². The largest absolute Gasteiger partial charge is 0.310 e. The van der Waals surface area contributed by atoms with Gasteiger partial charge in [-0.05, 0) is 157 Å². The molecular weight excluding hydrogens is 1140 g/mol. The Bertz CT molecular complexity index is 6650. The zero-order chi connectivity index (χ0) is 60.8. The van der Waals surface area contributed by atoms with Crippen LogP contribution in [0.15, 0.2) is 303 Å². The molecule has 0 amide bonds. The van der Waals surface area contributed by atoms with Crippen LogP contribution in [0.5, 0.6) is 0 Å². The number of allylic oxidation sites excluding steroid dienone is 8. The molecule has 4 aliphatic rings. The number of para-hydroxylation sites is 6. The molecule has 94 heavy (non-hydrogen) atoms. The number of benzene rings is 13. The molecule has 4 heteroatoms. The fourth-order valence-electron chi connectivity index (χ4n) is 18.8. The molecule has 13 aromatic carbocycles. The monoisotopic (exact) mass is 1190 g/mol. The average Bonchev–Trinajstić information content (AvgIpc) is 1.50. The lowest BCUT2D eigenvalue weighted by atomic mass is 9.64. The lowest BCUT2D eigenvalue weighted by Gasteiger charge is -2.40. The molecule has 0 spiro atoms. The minimum atomic E-state index is 0.147. The third-order valence-corrected chi connectivity index (χ3v) is 22.6. The Morgan fingerprint density at radius 3 is 1.23 bits per heavy atom. The summed E-state index contributed by atoms with van der Waals surface area (Å²) >= 11 is 0. The second-order valence-electron chi connectivity index (χ2n) is 26.9. The highest BCUT2D eigenvalue weighted by Gasteiger charge is 2.40. The maximum Gasteiger partial charge on any atom is 0.0620 e. The molecule has 19 aromatic rings. The summed E-state index contributed by atoms with van der Waals surface area (Å²) in [5.41, 5.74) is 30.2. The van der Waals surface area contributed by atoms with Crippen LogP contribution in [0.1, 0.15) is 23.0 Å². The predicted octanol–water partition coefficient (Wildman–Crippen LogP) is 23.5. The first-order valence-electron chi connectivity index (χ1n) is 33.2. The number of aromatic nitrogens is 4. The number of hydrogen-bond acceptors (Lipinski definition) is 0. The minimum Gasteiger partial charge on any atom is -0.310 e. The van der Waals surface area contributed by atoms with Crippen LogP contribution in [0.25, 0.3) is 187 Å². The summed E-state index contributed by atoms with van der Waals surface area (Å²) in [6, 6.07) is 99.6. The van der Waals surface area contributed by atoms with Crippen LogP contribution in [0.3, 0.4) is 0 Å². The molecule has 6 aromatic heterocycles. The minimum absolute atomic E-state index is 0.147. The van der Waals surface area contributed by atoms with Crippen LogP contribution in [0, 0.1) is 11.8 Å². The van der Waals surface area contributed by atoms with E-state index in [1.165, 1.54) is 192 Å². The standard InChI is InChI=1S/C90H54N4/c1-3-21-55-53(19-1)61-41-39-51(91-81-35-13-9-27-63(81)64-28-10-14-36-82(64)91)43-71(61)57-23-5-7-25-59(57)75-47-85-77(45-73(55)75)67-31-17-33-69-79-50-88-80(49-87(79)93(85)89(67)69)70-34-18-32-68-78-46-74-56-22-4-2-20-54(56)62-42-40-52(92-83-37-15-11-29-65(83)66-30-12-16-38-84(66)92)44-72(62)58-24-6-8-26-60(58)76(74)48-86(78)94(88)90(68)70/h1-50,57,59,61,71H. The lowest BCUT2D eigenvalue weighted by Crippen LogP contribution is -2.28. The number of nitrogens with zero attached hydrogens (tertiary/aromatic N) is 4. The van der Waals surface area contributed by atoms with Crippen LogP contribution in [-0.4, -0.2) is 17.9 Å². The van der Waals surface area contributed by atoms with Crippen LogP contribution >= 0.6 is 0 Å². The van der Waals surface area contributed by atoms with E-state index in [0.717, 1.165) is 5.69 Å². The second kappa shape index (κ2) is 17.9. The summed E-state index contributed by atoms with van der Waals surface area (Å²) in [4.78, 5) is 0. The fraction of sp³-hybridized carbons (Fsp3) is 0.0444. The number of rotatable bonds is 2. The molecule has 0 aliphatic heterocycles. The SMILES string of the molecule is C1=CC2c3cc4c(cc3-c3ccccc3C3C=CC(n5c6ccccc6c6ccccc65)=CC3C2C=C1)c1cccc2c3cc5c(cc3n4c12)c1cccc2c3cc4c(cc3n5c21)-c1ccccc1-c1cc(-n2c3ccccc3c3ccccc32)ccc1-c1ccccc1-4. The van der Waals surface area contributed by atoms with Crippen molar-refractivity contribution in [2.24, 2.45) is 11.8 Å². The summed E-state index contributed by atoms with van der Waals surface area (Å²) in [7, 11) is 0. The zero-order valence-corrected chi connectivity index (χ0v) is 51.0. The number of hydrogen-bond donors (Lipinski definition) is 0. The molecule has 23 rings (SSSR count). The van der Waals surface area contributed by atoms with Crippen molar-refractivity contribution in [3.05, 3.63) is 315 Å². The Morgan fingerprint density at radius 2 is 0.649 bits per heavy atom. The van der Waals surface area contributed by atoms with Crippen molar-refractivity contribution >= 4 is 125 Å². The van der Waals surface area contributed by atoms with Gasteiger partial charge in [-0.1, -0.05) is 225 Å². The van der Waals surface area contributed by atoms with Gasteiger partial charge in [-0.3, -0.25) is 0 Å². The summed E-state index contributed by atoms with van der Waals surface area (Å²) in [5.74, 6) is 0.765. The van der Waals surface area contributed by atoms with Crippen LogP contribution < -0.4 is 0 Å². The molecule has 0 radical (unpaired) electrons. The summed E-state index contributed by atoms with van der Waals surface area (Å²) in [6.07, 6.45) is 17.2. The van der Waals surface area contributed by atoms with E-state index in [9.17, 15) is 0 Å². The van der Waals surface area contributed by atoms with E-state index >= 15 is 0 Å². The first kappa shape index (κ1) is 49.8. The van der Waals surface area contributed by atoms with Gasteiger partial charge in [0.2, 0.25) is 0 Å². The molecule has 0 bridgehead atoms. The molecule has 434 valence electrons. The van der Waals surface area contributed by atoms with Crippen molar-refractivity contribution in [1.82, 2.24) is 17.9 Å². The van der Waals surface area contributed by atoms with Gasteiger partial charge in [0.05, 0.1) is 55.2 Å². The quantitative estimate of drug-likeness (QED) is 0.164. The molecule has 0 fully saturated rings. The third kappa shape index (κ3) is 6.28. The Labute approximate surface area is 539 Å². The van der Waals surface area contributed by atoms with E-state index in [0.29, 0.717) is 0 Å². The summed E-state index contributed by atoms with van der Waals surface area (Å²) in [5, 5.41) is 15.4. The molecule has 6 heterocycles. The maximum atomic E-state index is 2.64. The summed E-state index contributed by atoms with van der Waals surface area (Å²) < 4.78 is 10.2. The average molecular weight is 1190 g/mol. The van der Waals surface area contributed by atoms with E-state index < -0.39 is 0 Å². The molecule has 0 N–H and O–H groups in total. The lowest BCUT2D eigenvalue weighted by molar-refractivity contribution is 0.398. The van der Waals surface area contributed by atoms with Crippen LogP contribution in [0.2, 0.25) is 0 Å². The van der Waals surface area contributed by atoms with Crippen molar-refractivity contribution in [3.8, 4) is 61.3 Å². The third-order valence-electron chi connectivity index (χ3n) is 22.6. The van der Waals surface area contributed by atoms with Gasteiger partial charge in [-0.15, -0.1) is 0 Å². The van der Waals surface area contributed by atoms with Gasteiger partial charge in [0, 0.05) is 87.9 Å². The zero-order valence-electron chi connectivity index (χ0n) is 51.0. The smallest absolute Gasteiger partial charge is 0.0620 e. The number of fused-ring (bicyclic) bond motifs is 34.